The van der Waals surface area contributed by atoms with Crippen LogP contribution in [0.2, 0.25) is 0 Å². The number of carbonyl (C=O) groups excluding carboxylic acids is 2. The molecule has 1 unspecified atom stereocenters. The number of epoxide rings is 1. The first-order chi connectivity index (χ1) is 16.9. The Morgan fingerprint density at radius 1 is 1.22 bits per heavy atom. The zero-order chi connectivity index (χ0) is 26.6. The summed E-state index contributed by atoms with van der Waals surface area (Å²) in [5.41, 5.74) is 0.533. The van der Waals surface area contributed by atoms with E-state index >= 15 is 0 Å². The number of aromatic nitrogens is 1. The molecule has 0 aliphatic carbocycles. The summed E-state index contributed by atoms with van der Waals surface area (Å²) >= 11 is 1.63. The van der Waals surface area contributed by atoms with E-state index in [1.54, 1.807) is 32.1 Å². The second kappa shape index (κ2) is 12.3. The maximum absolute atomic E-state index is 13.2. The summed E-state index contributed by atoms with van der Waals surface area (Å²) in [7, 11) is 0. The van der Waals surface area contributed by atoms with Crippen LogP contribution in [0.25, 0.3) is 6.08 Å². The molecule has 2 aliphatic heterocycles. The second-order valence-corrected chi connectivity index (χ2v) is 12.2. The molecule has 7 nitrogen and oxygen atoms in total. The summed E-state index contributed by atoms with van der Waals surface area (Å²) in [5, 5.41) is 24.8. The zero-order valence-corrected chi connectivity index (χ0v) is 23.3. The highest BCUT2D eigenvalue weighted by atomic mass is 32.1. The van der Waals surface area contributed by atoms with Crippen LogP contribution in [-0.4, -0.2) is 57.5 Å². The van der Waals surface area contributed by atoms with Crippen LogP contribution in [0.5, 0.6) is 0 Å². The molecule has 2 N–H and O–H groups in total. The number of aliphatic hydroxyl groups excluding tert-OH is 2. The van der Waals surface area contributed by atoms with Gasteiger partial charge in [-0.3, -0.25) is 9.59 Å². The third-order valence-electron chi connectivity index (χ3n) is 7.81. The summed E-state index contributed by atoms with van der Waals surface area (Å²) in [6.07, 6.45) is 4.29. The Morgan fingerprint density at radius 2 is 1.94 bits per heavy atom. The smallest absolute Gasteiger partial charge is 0.309 e. The number of esters is 1. The van der Waals surface area contributed by atoms with Crippen LogP contribution in [0.4, 0.5) is 0 Å². The van der Waals surface area contributed by atoms with E-state index in [9.17, 15) is 19.8 Å². The third kappa shape index (κ3) is 7.24. The van der Waals surface area contributed by atoms with Crippen molar-refractivity contribution in [2.75, 3.05) is 0 Å². The molecule has 2 saturated heterocycles. The van der Waals surface area contributed by atoms with Gasteiger partial charge in [0.15, 0.2) is 0 Å². The highest BCUT2D eigenvalue weighted by Gasteiger charge is 2.44. The maximum Gasteiger partial charge on any atom is 0.309 e. The molecule has 0 amide bonds. The number of nitrogens with zero attached hydrogens (tertiary/aromatic N) is 1. The SMILES string of the molecule is CCCc1nc(/C=C(\C)C2C[C@@H]3O[C@@H]3CCC[C@H](C)[C@H](O)[C@@H](C)C(=O)C(C)(C)[C@@H](O)CC(=O)O2)cs1. The molecule has 3 heterocycles. The van der Waals surface area contributed by atoms with Gasteiger partial charge in [0.2, 0.25) is 0 Å². The van der Waals surface area contributed by atoms with Crippen LogP contribution in [0.3, 0.4) is 0 Å². The first kappa shape index (κ1) is 29.0. The van der Waals surface area contributed by atoms with Crippen LogP contribution in [-0.2, 0) is 25.5 Å². The van der Waals surface area contributed by atoms with Gasteiger partial charge < -0.3 is 19.7 Å². The number of hydrogen-bond acceptors (Lipinski definition) is 8. The summed E-state index contributed by atoms with van der Waals surface area (Å²) in [6.45, 7) is 11.0. The van der Waals surface area contributed by atoms with Crippen molar-refractivity contribution in [2.24, 2.45) is 17.3 Å². The number of aryl methyl sites for hydroxylation is 1. The topological polar surface area (TPSA) is 109 Å². The second-order valence-electron chi connectivity index (χ2n) is 11.2. The van der Waals surface area contributed by atoms with Crippen molar-refractivity contribution >= 4 is 29.2 Å². The van der Waals surface area contributed by atoms with Gasteiger partial charge in [-0.25, -0.2) is 4.98 Å². The predicted molar refractivity (Wildman–Crippen MR) is 141 cm³/mol. The molecule has 1 aromatic heterocycles. The maximum atomic E-state index is 13.2. The quantitative estimate of drug-likeness (QED) is 0.435. The molecule has 0 saturated carbocycles. The van der Waals surface area contributed by atoms with E-state index in [-0.39, 0.29) is 30.3 Å². The monoisotopic (exact) mass is 521 g/mol. The van der Waals surface area contributed by atoms with Crippen LogP contribution in [0, 0.1) is 17.3 Å². The van der Waals surface area contributed by atoms with Gasteiger partial charge in [-0.15, -0.1) is 11.3 Å². The van der Waals surface area contributed by atoms with Crippen molar-refractivity contribution in [2.45, 2.75) is 117 Å². The molecule has 3 rings (SSSR count). The third-order valence-corrected chi connectivity index (χ3v) is 8.74. The van der Waals surface area contributed by atoms with Crippen molar-refractivity contribution in [3.8, 4) is 0 Å². The highest BCUT2D eigenvalue weighted by Crippen LogP contribution is 2.36. The van der Waals surface area contributed by atoms with Gasteiger partial charge in [0.25, 0.3) is 0 Å². The number of cyclic esters (lactones) is 1. The Labute approximate surface area is 219 Å². The molecular weight excluding hydrogens is 478 g/mol. The number of hydrogen-bond donors (Lipinski definition) is 2. The summed E-state index contributed by atoms with van der Waals surface area (Å²) in [5.74, 6) is -1.51. The minimum atomic E-state index is -1.22. The summed E-state index contributed by atoms with van der Waals surface area (Å²) in [4.78, 5) is 30.8. The number of aliphatic hydroxyl groups is 2. The molecule has 0 radical (unpaired) electrons. The Bertz CT molecular complexity index is 940. The standard InChI is InChI=1S/C28H43NO6S/c1-7-9-24-29-19(15-36-24)12-17(3)21-13-22-20(34-22)11-8-10-16(2)26(32)18(4)27(33)28(5,6)23(30)14-25(31)35-21/h12,15-16,18,20-23,26,30,32H,7-11,13-14H2,1-6H3/b17-12+/t16-,18+,20+,21?,22-,23-,26-/m0/s1. The Balaban J connectivity index is 1.80. The van der Waals surface area contributed by atoms with Crippen molar-refractivity contribution in [3.63, 3.8) is 0 Å². The number of fused-ring (bicyclic) bond motifs is 1. The fourth-order valence-electron chi connectivity index (χ4n) is 5.06. The lowest BCUT2D eigenvalue weighted by Gasteiger charge is -2.34. The van der Waals surface area contributed by atoms with E-state index in [0.717, 1.165) is 48.4 Å². The minimum Gasteiger partial charge on any atom is -0.458 e. The fourth-order valence-corrected chi connectivity index (χ4v) is 5.91. The van der Waals surface area contributed by atoms with Crippen LogP contribution >= 0.6 is 11.3 Å². The van der Waals surface area contributed by atoms with Crippen LogP contribution in [0.15, 0.2) is 11.0 Å². The minimum absolute atomic E-state index is 0.00670. The van der Waals surface area contributed by atoms with Crippen molar-refractivity contribution in [3.05, 3.63) is 21.7 Å². The summed E-state index contributed by atoms with van der Waals surface area (Å²) < 4.78 is 11.8. The predicted octanol–water partition coefficient (Wildman–Crippen LogP) is 4.73. The van der Waals surface area contributed by atoms with E-state index in [2.05, 4.69) is 11.9 Å². The Morgan fingerprint density at radius 3 is 2.64 bits per heavy atom. The number of ether oxygens (including phenoxy) is 2. The van der Waals surface area contributed by atoms with Gasteiger partial charge in [-0.05, 0) is 50.2 Å². The van der Waals surface area contributed by atoms with E-state index < -0.39 is 35.6 Å². The normalized spacial score (nSPS) is 34.7. The molecule has 0 spiro atoms. The van der Waals surface area contributed by atoms with Crippen LogP contribution < -0.4 is 0 Å². The zero-order valence-electron chi connectivity index (χ0n) is 22.5. The van der Waals surface area contributed by atoms with E-state index in [4.69, 9.17) is 9.47 Å². The average molecular weight is 522 g/mol. The molecule has 1 aromatic rings. The number of ketones is 1. The summed E-state index contributed by atoms with van der Waals surface area (Å²) in [6, 6.07) is 0. The number of thiazole rings is 1. The molecule has 2 aliphatic rings. The van der Waals surface area contributed by atoms with Gasteiger partial charge in [0, 0.05) is 17.7 Å². The molecule has 202 valence electrons. The van der Waals surface area contributed by atoms with E-state index in [1.807, 2.05) is 25.3 Å². The van der Waals surface area contributed by atoms with Crippen LogP contribution in [0.1, 0.15) is 90.8 Å². The largest absolute Gasteiger partial charge is 0.458 e. The van der Waals surface area contributed by atoms with Gasteiger partial charge >= 0.3 is 5.97 Å². The molecule has 0 bridgehead atoms. The van der Waals surface area contributed by atoms with E-state index in [0.29, 0.717) is 6.42 Å². The molecule has 7 atom stereocenters. The molecular formula is C28H43NO6S. The Kier molecular flexibility index (Phi) is 9.88. The first-order valence-corrected chi connectivity index (χ1v) is 14.2. The average Bonchev–Trinajstić information content (AvgIpc) is 3.41. The molecule has 36 heavy (non-hydrogen) atoms. The molecule has 0 aromatic carbocycles. The number of rotatable bonds is 4. The van der Waals surface area contributed by atoms with Gasteiger partial charge in [0.05, 0.1) is 47.0 Å². The highest BCUT2D eigenvalue weighted by molar-refractivity contribution is 7.09. The molecule has 8 heteroatoms. The fraction of sp³-hybridized carbons (Fsp3) is 0.750. The van der Waals surface area contributed by atoms with Crippen molar-refractivity contribution in [1.82, 2.24) is 4.98 Å². The van der Waals surface area contributed by atoms with Crippen molar-refractivity contribution in [1.29, 1.82) is 0 Å². The van der Waals surface area contributed by atoms with Gasteiger partial charge in [-0.2, -0.15) is 0 Å². The number of carbonyl (C=O) groups is 2. The first-order valence-electron chi connectivity index (χ1n) is 13.3. The number of Topliss-reactive ketones (excluding diaryl/α,β-unsaturated/α-hetero) is 1. The van der Waals surface area contributed by atoms with Gasteiger partial charge in [-0.1, -0.05) is 41.0 Å². The van der Waals surface area contributed by atoms with Crippen molar-refractivity contribution < 1.29 is 29.3 Å². The Hall–Kier alpha value is -1.61. The van der Waals surface area contributed by atoms with E-state index in [1.165, 1.54) is 0 Å². The van der Waals surface area contributed by atoms with Gasteiger partial charge in [0.1, 0.15) is 11.9 Å². The lowest BCUT2D eigenvalue weighted by Crippen LogP contribution is -2.45. The molecule has 2 fully saturated rings. The lowest BCUT2D eigenvalue weighted by atomic mass is 9.73. The lowest BCUT2D eigenvalue weighted by molar-refractivity contribution is -0.154.